The van der Waals surface area contributed by atoms with E-state index < -0.39 is 12.2 Å². The summed E-state index contributed by atoms with van der Waals surface area (Å²) >= 11 is 0. The summed E-state index contributed by atoms with van der Waals surface area (Å²) in [7, 11) is 0. The number of hydrogen-bond acceptors (Lipinski definition) is 4. The van der Waals surface area contributed by atoms with Gasteiger partial charge in [0, 0.05) is 24.5 Å². The summed E-state index contributed by atoms with van der Waals surface area (Å²) in [5.74, 6) is -0.305. The Morgan fingerprint density at radius 1 is 1.05 bits per heavy atom. The molecule has 0 bridgehead atoms. The van der Waals surface area contributed by atoms with Gasteiger partial charge in [-0.3, -0.25) is 9.78 Å². The number of carbonyl (C=O) groups excluding carboxylic acids is 2. The van der Waals surface area contributed by atoms with Crippen molar-refractivity contribution >= 4 is 12.0 Å². The predicted molar refractivity (Wildman–Crippen MR) is 75.3 cm³/mol. The highest BCUT2D eigenvalue weighted by Gasteiger charge is 2.40. The SMILES string of the molecule is O=C1OC(c2ccccc2)C(=O)N1CCc1ccncc1. The van der Waals surface area contributed by atoms with E-state index in [1.165, 1.54) is 0 Å². The Morgan fingerprint density at radius 3 is 2.48 bits per heavy atom. The molecule has 1 fully saturated rings. The molecule has 1 unspecified atom stereocenters. The number of carbonyl (C=O) groups is 2. The number of ether oxygens (including phenoxy) is 1. The number of rotatable bonds is 4. The lowest BCUT2D eigenvalue weighted by Crippen LogP contribution is -2.31. The van der Waals surface area contributed by atoms with Crippen LogP contribution in [-0.2, 0) is 16.0 Å². The maximum absolute atomic E-state index is 12.3. The normalized spacial score (nSPS) is 17.9. The minimum atomic E-state index is -0.823. The van der Waals surface area contributed by atoms with Gasteiger partial charge in [0.1, 0.15) is 0 Å². The van der Waals surface area contributed by atoms with Crippen LogP contribution < -0.4 is 0 Å². The van der Waals surface area contributed by atoms with Crippen molar-refractivity contribution in [3.8, 4) is 0 Å². The van der Waals surface area contributed by atoms with Crippen molar-refractivity contribution in [2.45, 2.75) is 12.5 Å². The Kier molecular flexibility index (Phi) is 3.64. The van der Waals surface area contributed by atoms with Gasteiger partial charge in [-0.1, -0.05) is 30.3 Å². The first kappa shape index (κ1) is 13.3. The highest BCUT2D eigenvalue weighted by Crippen LogP contribution is 2.27. The zero-order valence-corrected chi connectivity index (χ0v) is 11.3. The number of amides is 2. The molecule has 1 saturated heterocycles. The summed E-state index contributed by atoms with van der Waals surface area (Å²) in [5, 5.41) is 0. The third kappa shape index (κ3) is 2.76. The molecule has 21 heavy (non-hydrogen) atoms. The van der Waals surface area contributed by atoms with Crippen LogP contribution in [0.25, 0.3) is 0 Å². The molecule has 3 rings (SSSR count). The molecule has 0 N–H and O–H groups in total. The zero-order chi connectivity index (χ0) is 14.7. The van der Waals surface area contributed by atoms with Crippen molar-refractivity contribution in [3.63, 3.8) is 0 Å². The van der Waals surface area contributed by atoms with Gasteiger partial charge in [-0.25, -0.2) is 9.69 Å². The molecule has 1 atom stereocenters. The van der Waals surface area contributed by atoms with Crippen LogP contribution in [0.4, 0.5) is 4.79 Å². The van der Waals surface area contributed by atoms with E-state index in [1.807, 2.05) is 30.3 Å². The van der Waals surface area contributed by atoms with Gasteiger partial charge in [0.2, 0.25) is 6.10 Å². The fourth-order valence-corrected chi connectivity index (χ4v) is 2.28. The molecule has 2 aromatic rings. The topological polar surface area (TPSA) is 59.5 Å². The molecule has 1 aromatic heterocycles. The van der Waals surface area contributed by atoms with E-state index in [0.29, 0.717) is 18.5 Å². The van der Waals surface area contributed by atoms with Crippen LogP contribution in [0.3, 0.4) is 0 Å². The lowest BCUT2D eigenvalue weighted by molar-refractivity contribution is -0.129. The standard InChI is InChI=1S/C16H14N2O3/c19-15-14(13-4-2-1-3-5-13)21-16(20)18(15)11-8-12-6-9-17-10-7-12/h1-7,9-10,14H,8,11H2. The number of hydrogen-bond donors (Lipinski definition) is 0. The number of imide groups is 1. The predicted octanol–water partition coefficient (Wildman–Crippen LogP) is 2.34. The molecule has 1 aromatic carbocycles. The first-order chi connectivity index (χ1) is 10.3. The van der Waals surface area contributed by atoms with E-state index in [-0.39, 0.29) is 5.91 Å². The quantitative estimate of drug-likeness (QED) is 0.863. The number of pyridine rings is 1. The van der Waals surface area contributed by atoms with Gasteiger partial charge in [-0.05, 0) is 24.1 Å². The fraction of sp³-hybridized carbons (Fsp3) is 0.188. The first-order valence-electron chi connectivity index (χ1n) is 6.71. The Labute approximate surface area is 122 Å². The lowest BCUT2D eigenvalue weighted by atomic mass is 10.1. The van der Waals surface area contributed by atoms with Crippen molar-refractivity contribution < 1.29 is 14.3 Å². The smallest absolute Gasteiger partial charge is 0.417 e. The summed E-state index contributed by atoms with van der Waals surface area (Å²) < 4.78 is 5.19. The summed E-state index contributed by atoms with van der Waals surface area (Å²) in [6, 6.07) is 12.8. The van der Waals surface area contributed by atoms with Crippen molar-refractivity contribution in [1.82, 2.24) is 9.88 Å². The molecule has 2 heterocycles. The van der Waals surface area contributed by atoms with Gasteiger partial charge in [0.05, 0.1) is 0 Å². The number of benzene rings is 1. The molecule has 106 valence electrons. The average molecular weight is 282 g/mol. The summed E-state index contributed by atoms with van der Waals surface area (Å²) in [5.41, 5.74) is 1.72. The molecule has 0 spiro atoms. The Balaban J connectivity index is 1.70. The van der Waals surface area contributed by atoms with Crippen LogP contribution in [0.2, 0.25) is 0 Å². The van der Waals surface area contributed by atoms with Crippen LogP contribution in [0.5, 0.6) is 0 Å². The molecule has 1 aliphatic heterocycles. The van der Waals surface area contributed by atoms with E-state index in [4.69, 9.17) is 4.74 Å². The van der Waals surface area contributed by atoms with Crippen LogP contribution in [0, 0.1) is 0 Å². The maximum Gasteiger partial charge on any atom is 0.417 e. The second-order valence-corrected chi connectivity index (χ2v) is 4.77. The Morgan fingerprint density at radius 2 is 1.76 bits per heavy atom. The van der Waals surface area contributed by atoms with E-state index in [0.717, 1.165) is 10.5 Å². The van der Waals surface area contributed by atoms with E-state index in [9.17, 15) is 9.59 Å². The van der Waals surface area contributed by atoms with Crippen molar-refractivity contribution in [3.05, 3.63) is 66.0 Å². The van der Waals surface area contributed by atoms with Gasteiger partial charge in [-0.2, -0.15) is 0 Å². The van der Waals surface area contributed by atoms with Crippen LogP contribution >= 0.6 is 0 Å². The third-order valence-corrected chi connectivity index (χ3v) is 3.41. The van der Waals surface area contributed by atoms with Crippen molar-refractivity contribution in [1.29, 1.82) is 0 Å². The monoisotopic (exact) mass is 282 g/mol. The second kappa shape index (κ2) is 5.75. The van der Waals surface area contributed by atoms with Crippen LogP contribution in [0.15, 0.2) is 54.9 Å². The van der Waals surface area contributed by atoms with Crippen LogP contribution in [-0.4, -0.2) is 28.4 Å². The summed E-state index contributed by atoms with van der Waals surface area (Å²) in [4.78, 5) is 29.3. The minimum Gasteiger partial charge on any atom is -0.431 e. The molecule has 0 radical (unpaired) electrons. The van der Waals surface area contributed by atoms with Crippen molar-refractivity contribution in [2.75, 3.05) is 6.54 Å². The first-order valence-corrected chi connectivity index (χ1v) is 6.71. The number of cyclic esters (lactones) is 1. The highest BCUT2D eigenvalue weighted by molar-refractivity contribution is 6.00. The third-order valence-electron chi connectivity index (χ3n) is 3.41. The minimum absolute atomic E-state index is 0.305. The molecule has 1 aliphatic rings. The fourth-order valence-electron chi connectivity index (χ4n) is 2.28. The highest BCUT2D eigenvalue weighted by atomic mass is 16.6. The van der Waals surface area contributed by atoms with Crippen molar-refractivity contribution in [2.24, 2.45) is 0 Å². The van der Waals surface area contributed by atoms with Gasteiger partial charge < -0.3 is 4.74 Å². The molecule has 5 heteroatoms. The molecule has 2 amide bonds. The van der Waals surface area contributed by atoms with E-state index in [1.54, 1.807) is 24.5 Å². The van der Waals surface area contributed by atoms with E-state index >= 15 is 0 Å². The molecule has 0 aliphatic carbocycles. The second-order valence-electron chi connectivity index (χ2n) is 4.77. The van der Waals surface area contributed by atoms with Gasteiger partial charge in [0.15, 0.2) is 0 Å². The van der Waals surface area contributed by atoms with Gasteiger partial charge in [0.25, 0.3) is 5.91 Å². The van der Waals surface area contributed by atoms with Gasteiger partial charge in [-0.15, -0.1) is 0 Å². The molecular formula is C16H14N2O3. The lowest BCUT2D eigenvalue weighted by Gasteiger charge is -2.11. The number of aromatic nitrogens is 1. The van der Waals surface area contributed by atoms with E-state index in [2.05, 4.69) is 4.98 Å². The average Bonchev–Trinajstić information content (AvgIpc) is 2.82. The molecule has 5 nitrogen and oxygen atoms in total. The number of nitrogens with zero attached hydrogens (tertiary/aromatic N) is 2. The largest absolute Gasteiger partial charge is 0.431 e. The Bertz CT molecular complexity index is 643. The van der Waals surface area contributed by atoms with Crippen LogP contribution in [0.1, 0.15) is 17.2 Å². The summed E-state index contributed by atoms with van der Waals surface area (Å²) in [6.07, 6.45) is 2.56. The Hall–Kier alpha value is -2.69. The van der Waals surface area contributed by atoms with Gasteiger partial charge >= 0.3 is 6.09 Å². The molecule has 0 saturated carbocycles. The maximum atomic E-state index is 12.3. The summed E-state index contributed by atoms with van der Waals surface area (Å²) in [6.45, 7) is 0.311. The zero-order valence-electron chi connectivity index (χ0n) is 11.3. The molecular weight excluding hydrogens is 268 g/mol.